The van der Waals surface area contributed by atoms with E-state index < -0.39 is 16.6 Å². The summed E-state index contributed by atoms with van der Waals surface area (Å²) in [6.07, 6.45) is 7.68. The second kappa shape index (κ2) is 12.5. The first-order valence-electron chi connectivity index (χ1n) is 13.4. The third-order valence-electron chi connectivity index (χ3n) is 7.00. The van der Waals surface area contributed by atoms with Crippen LogP contribution in [0.2, 0.25) is 39.3 Å². The van der Waals surface area contributed by atoms with Crippen molar-refractivity contribution in [2.45, 2.75) is 122 Å². The van der Waals surface area contributed by atoms with Gasteiger partial charge in [0.25, 0.3) is 0 Å². The molecule has 1 aromatic rings. The Morgan fingerprint density at radius 2 is 1.63 bits per heavy atom. The lowest BCUT2D eigenvalue weighted by Gasteiger charge is -2.43. The van der Waals surface area contributed by atoms with E-state index in [2.05, 4.69) is 90.9 Å². The molecule has 0 amide bonds. The fourth-order valence-corrected chi connectivity index (χ4v) is 7.48. The average molecular weight is 521 g/mol. The Kier molecular flexibility index (Phi) is 10.9. The molecule has 1 aliphatic rings. The molecule has 6 heteroatoms. The summed E-state index contributed by atoms with van der Waals surface area (Å²) in [5.41, 5.74) is 1.10. The van der Waals surface area contributed by atoms with Gasteiger partial charge in [-0.05, 0) is 95.0 Å². The van der Waals surface area contributed by atoms with Gasteiger partial charge in [0.05, 0.1) is 25.4 Å². The lowest BCUT2D eigenvalue weighted by atomic mass is 9.76. The average Bonchev–Trinajstić information content (AvgIpc) is 2.73. The summed E-state index contributed by atoms with van der Waals surface area (Å²) in [5.74, 6) is 1.42. The zero-order chi connectivity index (χ0) is 26.4. The summed E-state index contributed by atoms with van der Waals surface area (Å²) in [5, 5.41) is 0. The van der Waals surface area contributed by atoms with Crippen molar-refractivity contribution in [1.82, 2.24) is 0 Å². The highest BCUT2D eigenvalue weighted by atomic mass is 28.4. The highest BCUT2D eigenvalue weighted by molar-refractivity contribution is 6.70. The summed E-state index contributed by atoms with van der Waals surface area (Å²) in [4.78, 5) is 0. The van der Waals surface area contributed by atoms with Crippen LogP contribution in [0.4, 0.5) is 0 Å². The van der Waals surface area contributed by atoms with Gasteiger partial charge in [0.2, 0.25) is 0 Å². The summed E-state index contributed by atoms with van der Waals surface area (Å²) in [7, 11) is -1.86. The van der Waals surface area contributed by atoms with E-state index in [1.807, 2.05) is 6.08 Å². The third kappa shape index (κ3) is 9.80. The van der Waals surface area contributed by atoms with Gasteiger partial charge in [-0.2, -0.15) is 0 Å². The highest BCUT2D eigenvalue weighted by Gasteiger charge is 2.40. The normalized spacial score (nSPS) is 23.5. The first-order valence-corrected chi connectivity index (χ1v) is 20.2. The zero-order valence-corrected chi connectivity index (χ0v) is 26.1. The van der Waals surface area contributed by atoms with E-state index in [1.54, 1.807) is 7.11 Å². The molecule has 2 rings (SSSR count). The molecule has 200 valence electrons. The molecule has 5 atom stereocenters. The molecular formula is C29H52O4Si2. The summed E-state index contributed by atoms with van der Waals surface area (Å²) in [6, 6.07) is 8.46. The minimum Gasteiger partial charge on any atom is -0.497 e. The number of rotatable bonds is 13. The van der Waals surface area contributed by atoms with Crippen LogP contribution in [0.25, 0.3) is 0 Å². The predicted molar refractivity (Wildman–Crippen MR) is 154 cm³/mol. The molecule has 1 aromatic carbocycles. The smallest absolute Gasteiger partial charge is 0.184 e. The quantitative estimate of drug-likeness (QED) is 0.195. The maximum absolute atomic E-state index is 6.92. The maximum atomic E-state index is 6.92. The van der Waals surface area contributed by atoms with E-state index >= 15 is 0 Å². The molecule has 1 heterocycles. The van der Waals surface area contributed by atoms with E-state index in [1.165, 1.54) is 12.0 Å². The first kappa shape index (κ1) is 30.3. The molecule has 1 fully saturated rings. The van der Waals surface area contributed by atoms with Crippen molar-refractivity contribution in [2.75, 3.05) is 7.11 Å². The SMILES string of the molecule is C=CC[C@@H]1CC[C@H](C)[C@@H](C[C@H](C[C@@H](O[Si](C)(C)C)C(C)(C)c2ccc(OC)cc2)O[Si](C)(C)C)O1. The number of hydrogen-bond acceptors (Lipinski definition) is 4. The van der Waals surface area contributed by atoms with Crippen molar-refractivity contribution in [3.8, 4) is 5.75 Å². The second-order valence-electron chi connectivity index (χ2n) is 12.9. The van der Waals surface area contributed by atoms with Crippen LogP contribution >= 0.6 is 0 Å². The van der Waals surface area contributed by atoms with Crippen molar-refractivity contribution >= 4 is 16.6 Å². The second-order valence-corrected chi connectivity index (χ2v) is 21.8. The Morgan fingerprint density at radius 3 is 2.14 bits per heavy atom. The molecule has 0 N–H and O–H groups in total. The number of benzene rings is 1. The molecule has 0 spiro atoms. The zero-order valence-electron chi connectivity index (χ0n) is 24.1. The van der Waals surface area contributed by atoms with Gasteiger partial charge in [-0.25, -0.2) is 0 Å². The monoisotopic (exact) mass is 520 g/mol. The van der Waals surface area contributed by atoms with Gasteiger partial charge in [0, 0.05) is 11.5 Å². The molecular weight excluding hydrogens is 468 g/mol. The molecule has 0 aromatic heterocycles. The Labute approximate surface area is 218 Å². The van der Waals surface area contributed by atoms with Gasteiger partial charge < -0.3 is 18.3 Å². The third-order valence-corrected chi connectivity index (χ3v) is 9.03. The van der Waals surface area contributed by atoms with Crippen LogP contribution in [-0.4, -0.2) is 48.2 Å². The van der Waals surface area contributed by atoms with Gasteiger partial charge in [-0.15, -0.1) is 6.58 Å². The van der Waals surface area contributed by atoms with Gasteiger partial charge in [-0.1, -0.05) is 39.0 Å². The molecule has 1 saturated heterocycles. The topological polar surface area (TPSA) is 36.9 Å². The highest BCUT2D eigenvalue weighted by Crippen LogP contribution is 2.37. The van der Waals surface area contributed by atoms with Crippen molar-refractivity contribution in [3.63, 3.8) is 0 Å². The molecule has 0 radical (unpaired) electrons. The number of hydrogen-bond donors (Lipinski definition) is 0. The molecule has 0 saturated carbocycles. The van der Waals surface area contributed by atoms with Crippen LogP contribution in [0.3, 0.4) is 0 Å². The molecule has 4 nitrogen and oxygen atoms in total. The molecule has 1 aliphatic heterocycles. The van der Waals surface area contributed by atoms with Gasteiger partial charge >= 0.3 is 0 Å². The minimum absolute atomic E-state index is 0.0479. The van der Waals surface area contributed by atoms with Crippen molar-refractivity contribution in [3.05, 3.63) is 42.5 Å². The Hall–Kier alpha value is -0.926. The maximum Gasteiger partial charge on any atom is 0.184 e. The van der Waals surface area contributed by atoms with Crippen molar-refractivity contribution in [1.29, 1.82) is 0 Å². The van der Waals surface area contributed by atoms with Crippen LogP contribution < -0.4 is 4.74 Å². The molecule has 0 bridgehead atoms. The van der Waals surface area contributed by atoms with Crippen molar-refractivity contribution in [2.24, 2.45) is 5.92 Å². The Bertz CT molecular complexity index is 779. The van der Waals surface area contributed by atoms with Gasteiger partial charge in [0.15, 0.2) is 16.6 Å². The van der Waals surface area contributed by atoms with Crippen molar-refractivity contribution < 1.29 is 18.3 Å². The van der Waals surface area contributed by atoms with Crippen LogP contribution in [0, 0.1) is 5.92 Å². The van der Waals surface area contributed by atoms with Crippen LogP contribution in [0.5, 0.6) is 5.75 Å². The summed E-state index contributed by atoms with van der Waals surface area (Å²) in [6.45, 7) is 24.6. The number of methoxy groups -OCH3 is 1. The lowest BCUT2D eigenvalue weighted by Crippen LogP contribution is -2.47. The summed E-state index contributed by atoms with van der Waals surface area (Å²) < 4.78 is 25.8. The lowest BCUT2D eigenvalue weighted by molar-refractivity contribution is -0.0959. The minimum atomic E-state index is -1.80. The number of ether oxygens (including phenoxy) is 2. The van der Waals surface area contributed by atoms with Crippen LogP contribution in [0.15, 0.2) is 36.9 Å². The fraction of sp³-hybridized carbons (Fsp3) is 0.724. The van der Waals surface area contributed by atoms with Gasteiger partial charge in [-0.3, -0.25) is 0 Å². The van der Waals surface area contributed by atoms with E-state index in [-0.39, 0.29) is 29.8 Å². The van der Waals surface area contributed by atoms with Crippen LogP contribution in [-0.2, 0) is 19.0 Å². The largest absolute Gasteiger partial charge is 0.497 e. The predicted octanol–water partition coefficient (Wildman–Crippen LogP) is 7.95. The summed E-state index contributed by atoms with van der Waals surface area (Å²) >= 11 is 0. The molecule has 35 heavy (non-hydrogen) atoms. The first-order chi connectivity index (χ1) is 16.1. The molecule has 0 aliphatic carbocycles. The van der Waals surface area contributed by atoms with E-state index in [4.69, 9.17) is 18.3 Å². The van der Waals surface area contributed by atoms with Crippen LogP contribution in [0.1, 0.15) is 58.4 Å². The Balaban J connectivity index is 2.33. The van der Waals surface area contributed by atoms with E-state index in [0.29, 0.717) is 5.92 Å². The van der Waals surface area contributed by atoms with E-state index in [9.17, 15) is 0 Å². The van der Waals surface area contributed by atoms with Gasteiger partial charge in [0.1, 0.15) is 5.75 Å². The fourth-order valence-electron chi connectivity index (χ4n) is 5.04. The van der Waals surface area contributed by atoms with E-state index in [0.717, 1.165) is 31.4 Å². The molecule has 0 unspecified atom stereocenters. The Morgan fingerprint density at radius 1 is 1.03 bits per heavy atom. The standard InChI is InChI=1S/C29H52O4Si2/c1-12-13-25-17-14-22(2)27(31-25)20-26(32-34(6,7)8)21-28(33-35(9,10)11)29(3,4)23-15-18-24(30-5)19-16-23/h12,15-16,18-19,22,25-28H,1,13-14,17,20-21H2,2-11H3/t22-,25+,26+,27+,28+/m0/s1.